The first kappa shape index (κ1) is 22.8. The number of aromatic nitrogens is 1. The molecule has 2 atom stereocenters. The Bertz CT molecular complexity index is 819. The van der Waals surface area contributed by atoms with E-state index >= 15 is 0 Å². The first-order valence-electron chi connectivity index (χ1n) is 11.0. The second-order valence-electron chi connectivity index (χ2n) is 9.60. The van der Waals surface area contributed by atoms with E-state index in [-0.39, 0.29) is 17.4 Å². The lowest BCUT2D eigenvalue weighted by molar-refractivity contribution is -0.123. The molecule has 0 saturated carbocycles. The van der Waals surface area contributed by atoms with Crippen molar-refractivity contribution in [3.63, 3.8) is 0 Å². The van der Waals surface area contributed by atoms with Gasteiger partial charge in [0.2, 0.25) is 5.91 Å². The number of benzene rings is 1. The summed E-state index contributed by atoms with van der Waals surface area (Å²) in [4.78, 5) is 19.8. The fraction of sp³-hybridized carbons (Fsp3) is 0.520. The predicted octanol–water partition coefficient (Wildman–Crippen LogP) is 5.77. The molecular formula is C25H34ClN3O. The molecule has 0 aliphatic carbocycles. The van der Waals surface area contributed by atoms with E-state index in [1.54, 1.807) is 0 Å². The number of hydrogen-bond donors (Lipinski definition) is 1. The number of pyridine rings is 1. The molecule has 1 saturated heterocycles. The van der Waals surface area contributed by atoms with Crippen LogP contribution in [-0.2, 0) is 11.3 Å². The number of halogens is 1. The van der Waals surface area contributed by atoms with Crippen molar-refractivity contribution >= 4 is 17.5 Å². The molecule has 0 radical (unpaired) electrons. The molecule has 1 N–H and O–H groups in total. The Morgan fingerprint density at radius 3 is 2.77 bits per heavy atom. The van der Waals surface area contributed by atoms with Crippen LogP contribution in [0.3, 0.4) is 0 Å². The number of carbonyl (C=O) groups excluding carboxylic acids is 1. The summed E-state index contributed by atoms with van der Waals surface area (Å²) < 4.78 is 0. The summed E-state index contributed by atoms with van der Waals surface area (Å²) in [5.74, 6) is 0.0929. The van der Waals surface area contributed by atoms with Crippen molar-refractivity contribution in [2.75, 3.05) is 6.54 Å². The number of amides is 1. The van der Waals surface area contributed by atoms with Gasteiger partial charge in [-0.25, -0.2) is 0 Å². The highest BCUT2D eigenvalue weighted by molar-refractivity contribution is 6.30. The zero-order chi connectivity index (χ0) is 21.6. The topological polar surface area (TPSA) is 45.2 Å². The van der Waals surface area contributed by atoms with Gasteiger partial charge in [-0.1, -0.05) is 57.0 Å². The molecule has 1 fully saturated rings. The molecule has 30 heavy (non-hydrogen) atoms. The summed E-state index contributed by atoms with van der Waals surface area (Å²) in [7, 11) is 0. The third-order valence-electron chi connectivity index (χ3n) is 5.60. The van der Waals surface area contributed by atoms with Crippen LogP contribution in [0.2, 0.25) is 5.02 Å². The van der Waals surface area contributed by atoms with Crippen LogP contribution in [0, 0.1) is 5.41 Å². The highest BCUT2D eigenvalue weighted by Gasteiger charge is 2.28. The monoisotopic (exact) mass is 427 g/mol. The Labute approximate surface area is 186 Å². The fourth-order valence-corrected chi connectivity index (χ4v) is 4.45. The van der Waals surface area contributed by atoms with Crippen LogP contribution in [0.5, 0.6) is 0 Å². The van der Waals surface area contributed by atoms with Gasteiger partial charge in [-0.05, 0) is 61.1 Å². The highest BCUT2D eigenvalue weighted by atomic mass is 35.5. The van der Waals surface area contributed by atoms with Crippen LogP contribution in [-0.4, -0.2) is 28.4 Å². The SMILES string of the molecule is CC(C)(C)CC(=O)N[C@H](C[C@H]1CCCCN1Cc1cccc(Cl)c1)c1ccccn1. The van der Waals surface area contributed by atoms with Crippen LogP contribution >= 0.6 is 11.6 Å². The molecule has 0 spiro atoms. The number of likely N-dealkylation sites (tertiary alicyclic amines) is 1. The number of carbonyl (C=O) groups is 1. The lowest BCUT2D eigenvalue weighted by Gasteiger charge is -2.38. The number of hydrogen-bond acceptors (Lipinski definition) is 3. The molecule has 1 aliphatic rings. The molecule has 2 aromatic rings. The second-order valence-corrected chi connectivity index (χ2v) is 10.0. The number of nitrogens with one attached hydrogen (secondary N) is 1. The molecule has 5 heteroatoms. The maximum Gasteiger partial charge on any atom is 0.221 e. The highest BCUT2D eigenvalue weighted by Crippen LogP contribution is 2.29. The minimum atomic E-state index is -0.0778. The van der Waals surface area contributed by atoms with Gasteiger partial charge in [0.15, 0.2) is 0 Å². The van der Waals surface area contributed by atoms with Crippen molar-refractivity contribution in [3.05, 3.63) is 64.9 Å². The van der Waals surface area contributed by atoms with Crippen LogP contribution in [0.1, 0.15) is 70.2 Å². The van der Waals surface area contributed by atoms with E-state index in [1.165, 1.54) is 18.4 Å². The van der Waals surface area contributed by atoms with Crippen molar-refractivity contribution in [1.29, 1.82) is 0 Å². The normalized spacial score (nSPS) is 18.7. The number of rotatable bonds is 7. The lowest BCUT2D eigenvalue weighted by Crippen LogP contribution is -2.42. The Morgan fingerprint density at radius 2 is 2.07 bits per heavy atom. The molecule has 1 aliphatic heterocycles. The fourth-order valence-electron chi connectivity index (χ4n) is 4.24. The van der Waals surface area contributed by atoms with E-state index in [0.717, 1.165) is 36.6 Å². The van der Waals surface area contributed by atoms with Crippen molar-refractivity contribution in [2.45, 2.75) is 71.5 Å². The standard InChI is InChI=1S/C25H34ClN3O/c1-25(2,3)17-24(30)28-23(22-12-4-6-13-27-22)16-21-11-5-7-14-29(21)18-19-9-8-10-20(26)15-19/h4,6,8-10,12-13,15,21,23H,5,7,11,14,16-18H2,1-3H3,(H,28,30)/t21-,23-/m1/s1. The molecular weight excluding hydrogens is 394 g/mol. The van der Waals surface area contributed by atoms with E-state index in [9.17, 15) is 4.79 Å². The van der Waals surface area contributed by atoms with Crippen molar-refractivity contribution in [3.8, 4) is 0 Å². The van der Waals surface area contributed by atoms with Crippen LogP contribution in [0.25, 0.3) is 0 Å². The zero-order valence-corrected chi connectivity index (χ0v) is 19.2. The summed E-state index contributed by atoms with van der Waals surface area (Å²) in [6.45, 7) is 8.24. The van der Waals surface area contributed by atoms with Gasteiger partial charge in [0, 0.05) is 30.2 Å². The van der Waals surface area contributed by atoms with Crippen LogP contribution < -0.4 is 5.32 Å². The lowest BCUT2D eigenvalue weighted by atomic mass is 9.90. The molecule has 2 heterocycles. The maximum atomic E-state index is 12.7. The minimum Gasteiger partial charge on any atom is -0.348 e. The van der Waals surface area contributed by atoms with Gasteiger partial charge < -0.3 is 5.32 Å². The summed E-state index contributed by atoms with van der Waals surface area (Å²) in [6.07, 6.45) is 6.76. The third kappa shape index (κ3) is 7.10. The smallest absolute Gasteiger partial charge is 0.221 e. The summed E-state index contributed by atoms with van der Waals surface area (Å²) in [6, 6.07) is 14.4. The first-order chi connectivity index (χ1) is 14.3. The van der Waals surface area contributed by atoms with E-state index in [1.807, 2.05) is 36.5 Å². The molecule has 3 rings (SSSR count). The van der Waals surface area contributed by atoms with Crippen molar-refractivity contribution in [2.24, 2.45) is 5.41 Å². The second kappa shape index (κ2) is 10.4. The molecule has 4 nitrogen and oxygen atoms in total. The van der Waals surface area contributed by atoms with Gasteiger partial charge in [0.1, 0.15) is 0 Å². The Balaban J connectivity index is 1.74. The number of nitrogens with zero attached hydrogens (tertiary/aromatic N) is 2. The van der Waals surface area contributed by atoms with Gasteiger partial charge in [0.05, 0.1) is 11.7 Å². The van der Waals surface area contributed by atoms with Gasteiger partial charge in [-0.3, -0.25) is 14.7 Å². The van der Waals surface area contributed by atoms with Gasteiger partial charge in [-0.15, -0.1) is 0 Å². The van der Waals surface area contributed by atoms with Crippen LogP contribution in [0.4, 0.5) is 0 Å². The Kier molecular flexibility index (Phi) is 7.90. The Morgan fingerprint density at radius 1 is 1.23 bits per heavy atom. The van der Waals surface area contributed by atoms with Gasteiger partial charge in [0.25, 0.3) is 0 Å². The van der Waals surface area contributed by atoms with E-state index < -0.39 is 0 Å². The van der Waals surface area contributed by atoms with Crippen LogP contribution in [0.15, 0.2) is 48.7 Å². The zero-order valence-electron chi connectivity index (χ0n) is 18.4. The molecule has 1 amide bonds. The average Bonchev–Trinajstić information content (AvgIpc) is 2.68. The van der Waals surface area contributed by atoms with E-state index in [4.69, 9.17) is 11.6 Å². The summed E-state index contributed by atoms with van der Waals surface area (Å²) in [5, 5.41) is 4.06. The molecule has 162 valence electrons. The van der Waals surface area contributed by atoms with Crippen molar-refractivity contribution in [1.82, 2.24) is 15.2 Å². The maximum absolute atomic E-state index is 12.7. The van der Waals surface area contributed by atoms with E-state index in [2.05, 4.69) is 48.1 Å². The summed E-state index contributed by atoms with van der Waals surface area (Å²) in [5.41, 5.74) is 2.14. The quantitative estimate of drug-likeness (QED) is 0.609. The van der Waals surface area contributed by atoms with Gasteiger partial charge >= 0.3 is 0 Å². The Hall–Kier alpha value is -1.91. The first-order valence-corrected chi connectivity index (χ1v) is 11.4. The predicted molar refractivity (Wildman–Crippen MR) is 123 cm³/mol. The molecule has 0 unspecified atom stereocenters. The third-order valence-corrected chi connectivity index (χ3v) is 5.84. The summed E-state index contributed by atoms with van der Waals surface area (Å²) >= 11 is 6.20. The molecule has 0 bridgehead atoms. The average molecular weight is 428 g/mol. The molecule has 1 aromatic carbocycles. The molecule has 1 aromatic heterocycles. The van der Waals surface area contributed by atoms with E-state index in [0.29, 0.717) is 12.5 Å². The number of piperidine rings is 1. The van der Waals surface area contributed by atoms with Gasteiger partial charge in [-0.2, -0.15) is 0 Å². The largest absolute Gasteiger partial charge is 0.348 e. The van der Waals surface area contributed by atoms with Crippen molar-refractivity contribution < 1.29 is 4.79 Å². The minimum absolute atomic E-state index is 0.0395.